The predicted molar refractivity (Wildman–Crippen MR) is 75.2 cm³/mol. The average molecular weight is 276 g/mol. The maximum atomic E-state index is 6.06. The lowest BCUT2D eigenvalue weighted by Crippen LogP contribution is -2.26. The van der Waals surface area contributed by atoms with E-state index < -0.39 is 0 Å². The third-order valence-electron chi connectivity index (χ3n) is 2.75. The van der Waals surface area contributed by atoms with Gasteiger partial charge in [0.05, 0.1) is 0 Å². The van der Waals surface area contributed by atoms with Gasteiger partial charge in [0.25, 0.3) is 0 Å². The molecule has 1 fully saturated rings. The van der Waals surface area contributed by atoms with Gasteiger partial charge < -0.3 is 4.90 Å². The zero-order chi connectivity index (χ0) is 11.4. The number of thioether (sulfide) groups is 1. The Hall–Kier alpha value is -0.0500. The number of halogens is 2. The van der Waals surface area contributed by atoms with E-state index in [9.17, 15) is 0 Å². The lowest BCUT2D eigenvalue weighted by molar-refractivity contribution is 0.812. The van der Waals surface area contributed by atoms with Crippen molar-refractivity contribution in [2.45, 2.75) is 12.3 Å². The normalized spacial score (nSPS) is 17.2. The maximum Gasteiger partial charge on any atom is 0.0494 e. The third kappa shape index (κ3) is 2.99. The summed E-state index contributed by atoms with van der Waals surface area (Å²) in [7, 11) is 0. The molecule has 0 bridgehead atoms. The van der Waals surface area contributed by atoms with Gasteiger partial charge >= 0.3 is 0 Å². The minimum atomic E-state index is 0.552. The van der Waals surface area contributed by atoms with Crippen molar-refractivity contribution in [2.24, 2.45) is 0 Å². The van der Waals surface area contributed by atoms with Crippen molar-refractivity contribution in [1.82, 2.24) is 0 Å². The Morgan fingerprint density at radius 2 is 2.12 bits per heavy atom. The van der Waals surface area contributed by atoms with Crippen LogP contribution in [0, 0.1) is 0 Å². The molecule has 1 saturated heterocycles. The first-order valence-electron chi connectivity index (χ1n) is 5.48. The number of nitrogens with zero attached hydrogens (tertiary/aromatic N) is 1. The number of alkyl halides is 1. The van der Waals surface area contributed by atoms with E-state index in [1.54, 1.807) is 0 Å². The van der Waals surface area contributed by atoms with Crippen molar-refractivity contribution in [3.8, 4) is 0 Å². The van der Waals surface area contributed by atoms with Crippen molar-refractivity contribution in [3.05, 3.63) is 28.8 Å². The Labute approximate surface area is 111 Å². The molecule has 0 aliphatic carbocycles. The van der Waals surface area contributed by atoms with Gasteiger partial charge in [-0.25, -0.2) is 0 Å². The molecule has 4 heteroatoms. The van der Waals surface area contributed by atoms with E-state index in [1.165, 1.54) is 29.2 Å². The fraction of sp³-hybridized carbons (Fsp3) is 0.500. The van der Waals surface area contributed by atoms with Crippen LogP contribution in [0.1, 0.15) is 12.0 Å². The average Bonchev–Trinajstić information content (AvgIpc) is 2.57. The summed E-state index contributed by atoms with van der Waals surface area (Å²) < 4.78 is 0. The number of rotatable bonds is 2. The van der Waals surface area contributed by atoms with Crippen LogP contribution in [-0.2, 0) is 5.88 Å². The Balaban J connectivity index is 2.25. The van der Waals surface area contributed by atoms with Crippen LogP contribution in [-0.4, -0.2) is 24.6 Å². The van der Waals surface area contributed by atoms with E-state index >= 15 is 0 Å². The van der Waals surface area contributed by atoms with Crippen molar-refractivity contribution in [2.75, 3.05) is 29.5 Å². The molecule has 1 aliphatic rings. The minimum absolute atomic E-state index is 0.552. The van der Waals surface area contributed by atoms with Crippen molar-refractivity contribution >= 4 is 40.7 Å². The van der Waals surface area contributed by atoms with Crippen LogP contribution in [0.2, 0.25) is 5.02 Å². The molecule has 1 aromatic carbocycles. The second kappa shape index (κ2) is 6.04. The largest absolute Gasteiger partial charge is 0.370 e. The monoisotopic (exact) mass is 275 g/mol. The van der Waals surface area contributed by atoms with Gasteiger partial charge in [0.15, 0.2) is 0 Å². The smallest absolute Gasteiger partial charge is 0.0494 e. The molecule has 0 aromatic heterocycles. The molecule has 16 heavy (non-hydrogen) atoms. The summed E-state index contributed by atoms with van der Waals surface area (Å²) in [5.74, 6) is 3.00. The van der Waals surface area contributed by atoms with Gasteiger partial charge in [0.2, 0.25) is 0 Å². The summed E-state index contributed by atoms with van der Waals surface area (Å²) in [6.45, 7) is 2.20. The van der Waals surface area contributed by atoms with E-state index in [-0.39, 0.29) is 0 Å². The van der Waals surface area contributed by atoms with E-state index in [1.807, 2.05) is 30.0 Å². The third-order valence-corrected chi connectivity index (χ3v) is 4.33. The van der Waals surface area contributed by atoms with Crippen LogP contribution in [0.5, 0.6) is 0 Å². The summed E-state index contributed by atoms with van der Waals surface area (Å²) in [6, 6.07) is 5.98. The lowest BCUT2D eigenvalue weighted by atomic mass is 10.1. The van der Waals surface area contributed by atoms with Gasteiger partial charge in [0.1, 0.15) is 0 Å². The number of anilines is 1. The number of benzene rings is 1. The van der Waals surface area contributed by atoms with Crippen LogP contribution in [0.15, 0.2) is 18.2 Å². The molecule has 0 amide bonds. The Bertz CT molecular complexity index is 349. The molecule has 0 saturated carbocycles. The van der Waals surface area contributed by atoms with Gasteiger partial charge in [0, 0.05) is 35.4 Å². The summed E-state index contributed by atoms with van der Waals surface area (Å²) in [4.78, 5) is 2.41. The summed E-state index contributed by atoms with van der Waals surface area (Å²) >= 11 is 14.1. The van der Waals surface area contributed by atoms with Crippen LogP contribution in [0.4, 0.5) is 5.69 Å². The molecule has 1 nitrogen and oxygen atoms in total. The quantitative estimate of drug-likeness (QED) is 0.750. The van der Waals surface area contributed by atoms with Crippen LogP contribution >= 0.6 is 35.0 Å². The molecule has 1 heterocycles. The van der Waals surface area contributed by atoms with Crippen LogP contribution in [0.25, 0.3) is 0 Å². The van der Waals surface area contributed by atoms with Gasteiger partial charge in [-0.15, -0.1) is 11.6 Å². The van der Waals surface area contributed by atoms with Gasteiger partial charge in [-0.2, -0.15) is 11.8 Å². The van der Waals surface area contributed by atoms with Gasteiger partial charge in [-0.1, -0.05) is 17.7 Å². The fourth-order valence-electron chi connectivity index (χ4n) is 1.93. The molecule has 0 atom stereocenters. The summed E-state index contributed by atoms with van der Waals surface area (Å²) in [5, 5.41) is 0.792. The molecule has 2 rings (SSSR count). The van der Waals surface area contributed by atoms with Crippen LogP contribution < -0.4 is 4.90 Å². The fourth-order valence-corrected chi connectivity index (χ4v) is 3.21. The topological polar surface area (TPSA) is 3.24 Å². The first-order chi connectivity index (χ1) is 7.81. The predicted octanol–water partition coefficient (Wildman–Crippen LogP) is 4.02. The molecular weight excluding hydrogens is 261 g/mol. The first-order valence-corrected chi connectivity index (χ1v) is 7.55. The second-order valence-corrected chi connectivity index (χ2v) is 5.79. The minimum Gasteiger partial charge on any atom is -0.370 e. The Morgan fingerprint density at radius 1 is 1.25 bits per heavy atom. The second-order valence-electron chi connectivity index (χ2n) is 3.86. The SMILES string of the molecule is ClCc1ccc(Cl)cc1N1CCCSCC1. The Kier molecular flexibility index (Phi) is 4.68. The molecular formula is C12H15Cl2NS. The Morgan fingerprint density at radius 3 is 2.94 bits per heavy atom. The zero-order valence-corrected chi connectivity index (χ0v) is 11.4. The van der Waals surface area contributed by atoms with Crippen molar-refractivity contribution in [3.63, 3.8) is 0 Å². The number of hydrogen-bond donors (Lipinski definition) is 0. The van der Waals surface area contributed by atoms with Crippen LogP contribution in [0.3, 0.4) is 0 Å². The first kappa shape index (κ1) is 12.4. The lowest BCUT2D eigenvalue weighted by Gasteiger charge is -2.24. The molecule has 1 aliphatic heterocycles. The molecule has 0 N–H and O–H groups in total. The zero-order valence-electron chi connectivity index (χ0n) is 9.09. The van der Waals surface area contributed by atoms with Gasteiger partial charge in [-0.3, -0.25) is 0 Å². The highest BCUT2D eigenvalue weighted by Gasteiger charge is 2.13. The molecule has 0 spiro atoms. The molecule has 1 aromatic rings. The van der Waals surface area contributed by atoms with E-state index in [0.29, 0.717) is 5.88 Å². The van der Waals surface area contributed by atoms with Gasteiger partial charge in [-0.05, 0) is 29.9 Å². The maximum absolute atomic E-state index is 6.06. The summed E-state index contributed by atoms with van der Waals surface area (Å²) in [6.07, 6.45) is 1.24. The van der Waals surface area contributed by atoms with E-state index in [2.05, 4.69) is 4.90 Å². The highest BCUT2D eigenvalue weighted by molar-refractivity contribution is 7.99. The highest BCUT2D eigenvalue weighted by atomic mass is 35.5. The molecule has 88 valence electrons. The highest BCUT2D eigenvalue weighted by Crippen LogP contribution is 2.28. The summed E-state index contributed by atoms with van der Waals surface area (Å²) in [5.41, 5.74) is 2.39. The van der Waals surface area contributed by atoms with E-state index in [4.69, 9.17) is 23.2 Å². The standard InChI is InChI=1S/C12H15Cl2NS/c13-9-10-2-3-11(14)8-12(10)15-4-1-6-16-7-5-15/h2-3,8H,1,4-7,9H2. The molecule has 0 unspecified atom stereocenters. The van der Waals surface area contributed by atoms with Crippen molar-refractivity contribution in [1.29, 1.82) is 0 Å². The van der Waals surface area contributed by atoms with E-state index in [0.717, 1.165) is 18.1 Å². The molecule has 0 radical (unpaired) electrons. The van der Waals surface area contributed by atoms with Crippen molar-refractivity contribution < 1.29 is 0 Å². The number of hydrogen-bond acceptors (Lipinski definition) is 2.